The summed E-state index contributed by atoms with van der Waals surface area (Å²) in [6.45, 7) is 7.71. The Bertz CT molecular complexity index is 589. The summed E-state index contributed by atoms with van der Waals surface area (Å²) in [5.41, 5.74) is 1.25. The van der Waals surface area contributed by atoms with Gasteiger partial charge in [-0.1, -0.05) is 32.9 Å². The number of imide groups is 1. The van der Waals surface area contributed by atoms with E-state index in [9.17, 15) is 14.4 Å². The second-order valence-electron chi connectivity index (χ2n) is 6.30. The highest BCUT2D eigenvalue weighted by Crippen LogP contribution is 2.24. The number of carbonyl (C=O) groups excluding carboxylic acids is 3. The SMILES string of the molecule is CCOC(=O)NC(=O)COC(=O)CCOc1ccc(C(C)(C)C)cc1. The van der Waals surface area contributed by atoms with E-state index in [0.717, 1.165) is 0 Å². The van der Waals surface area contributed by atoms with Crippen molar-refractivity contribution in [2.75, 3.05) is 19.8 Å². The maximum Gasteiger partial charge on any atom is 0.413 e. The number of esters is 1. The maximum atomic E-state index is 11.5. The first kappa shape index (κ1) is 20.5. The first-order valence-electron chi connectivity index (χ1n) is 8.08. The van der Waals surface area contributed by atoms with Crippen LogP contribution in [0.3, 0.4) is 0 Å². The third-order valence-electron chi connectivity index (χ3n) is 3.18. The molecule has 0 bridgehead atoms. The molecule has 1 N–H and O–H groups in total. The Kier molecular flexibility index (Phi) is 7.91. The van der Waals surface area contributed by atoms with Crippen molar-refractivity contribution in [1.29, 1.82) is 0 Å². The lowest BCUT2D eigenvalue weighted by Crippen LogP contribution is -2.34. The highest BCUT2D eigenvalue weighted by molar-refractivity contribution is 5.93. The van der Waals surface area contributed by atoms with Crippen LogP contribution in [-0.4, -0.2) is 37.8 Å². The number of amides is 2. The van der Waals surface area contributed by atoms with Crippen LogP contribution in [0.2, 0.25) is 0 Å². The van der Waals surface area contributed by atoms with E-state index in [1.807, 2.05) is 29.6 Å². The van der Waals surface area contributed by atoms with Crippen LogP contribution in [0.5, 0.6) is 5.75 Å². The molecule has 2 amide bonds. The Balaban J connectivity index is 2.26. The number of hydrogen-bond acceptors (Lipinski definition) is 6. The monoisotopic (exact) mass is 351 g/mol. The van der Waals surface area contributed by atoms with E-state index >= 15 is 0 Å². The highest BCUT2D eigenvalue weighted by atomic mass is 16.6. The molecule has 25 heavy (non-hydrogen) atoms. The van der Waals surface area contributed by atoms with Gasteiger partial charge in [0.25, 0.3) is 5.91 Å². The molecule has 0 aliphatic heterocycles. The van der Waals surface area contributed by atoms with Crippen LogP contribution in [0.25, 0.3) is 0 Å². The van der Waals surface area contributed by atoms with Gasteiger partial charge in [0.1, 0.15) is 5.75 Å². The minimum absolute atomic E-state index is 0.00624. The predicted octanol–water partition coefficient (Wildman–Crippen LogP) is 2.57. The van der Waals surface area contributed by atoms with Crippen molar-refractivity contribution in [2.24, 2.45) is 0 Å². The Hall–Kier alpha value is -2.57. The number of hydrogen-bond donors (Lipinski definition) is 1. The first-order chi connectivity index (χ1) is 11.7. The number of alkyl carbamates (subject to hydrolysis) is 1. The lowest BCUT2D eigenvalue weighted by Gasteiger charge is -2.19. The van der Waals surface area contributed by atoms with E-state index in [2.05, 4.69) is 25.5 Å². The van der Waals surface area contributed by atoms with Gasteiger partial charge in [0.2, 0.25) is 0 Å². The third kappa shape index (κ3) is 8.19. The average molecular weight is 351 g/mol. The molecule has 0 aliphatic rings. The lowest BCUT2D eigenvalue weighted by atomic mass is 9.87. The van der Waals surface area contributed by atoms with Crippen molar-refractivity contribution in [3.05, 3.63) is 29.8 Å². The zero-order chi connectivity index (χ0) is 18.9. The van der Waals surface area contributed by atoms with Gasteiger partial charge in [-0.2, -0.15) is 0 Å². The molecule has 0 unspecified atom stereocenters. The molecule has 0 spiro atoms. The van der Waals surface area contributed by atoms with E-state index in [1.165, 1.54) is 5.56 Å². The number of nitrogens with one attached hydrogen (secondary N) is 1. The molecule has 0 fully saturated rings. The lowest BCUT2D eigenvalue weighted by molar-refractivity contribution is -0.148. The third-order valence-corrected chi connectivity index (χ3v) is 3.18. The molecule has 7 heteroatoms. The van der Waals surface area contributed by atoms with Crippen LogP contribution in [0.15, 0.2) is 24.3 Å². The first-order valence-corrected chi connectivity index (χ1v) is 8.08. The van der Waals surface area contributed by atoms with Crippen molar-refractivity contribution in [3.63, 3.8) is 0 Å². The molecule has 1 aromatic carbocycles. The number of benzene rings is 1. The Morgan fingerprint density at radius 1 is 1.04 bits per heavy atom. The minimum atomic E-state index is -0.870. The Morgan fingerprint density at radius 3 is 2.24 bits per heavy atom. The quantitative estimate of drug-likeness (QED) is 0.759. The zero-order valence-corrected chi connectivity index (χ0v) is 15.1. The normalized spacial score (nSPS) is 10.7. The van der Waals surface area contributed by atoms with Crippen LogP contribution in [0, 0.1) is 0 Å². The Morgan fingerprint density at radius 2 is 1.68 bits per heavy atom. The molecule has 1 aromatic rings. The van der Waals surface area contributed by atoms with Crippen LogP contribution >= 0.6 is 0 Å². The van der Waals surface area contributed by atoms with Gasteiger partial charge in [0.15, 0.2) is 6.61 Å². The van der Waals surface area contributed by atoms with Crippen molar-refractivity contribution in [3.8, 4) is 5.75 Å². The van der Waals surface area contributed by atoms with Gasteiger partial charge >= 0.3 is 12.1 Å². The minimum Gasteiger partial charge on any atom is -0.493 e. The molecule has 0 saturated carbocycles. The molecule has 0 aromatic heterocycles. The summed E-state index contributed by atoms with van der Waals surface area (Å²) < 4.78 is 14.7. The molecule has 7 nitrogen and oxygen atoms in total. The van der Waals surface area contributed by atoms with Gasteiger partial charge in [-0.05, 0) is 30.0 Å². The fraction of sp³-hybridized carbons (Fsp3) is 0.500. The summed E-state index contributed by atoms with van der Waals surface area (Å²) in [6, 6.07) is 7.65. The van der Waals surface area contributed by atoms with E-state index < -0.39 is 24.6 Å². The fourth-order valence-electron chi connectivity index (χ4n) is 1.84. The molecule has 0 saturated heterocycles. The number of ether oxygens (including phenoxy) is 3. The van der Waals surface area contributed by atoms with Crippen molar-refractivity contribution in [1.82, 2.24) is 5.32 Å². The predicted molar refractivity (Wildman–Crippen MR) is 91.4 cm³/mol. The summed E-state index contributed by atoms with van der Waals surface area (Å²) in [7, 11) is 0. The molecular formula is C18H25NO6. The number of rotatable bonds is 7. The van der Waals surface area contributed by atoms with E-state index in [0.29, 0.717) is 5.75 Å². The second-order valence-corrected chi connectivity index (χ2v) is 6.30. The molecule has 0 aliphatic carbocycles. The van der Waals surface area contributed by atoms with Gasteiger partial charge in [-0.15, -0.1) is 0 Å². The summed E-state index contributed by atoms with van der Waals surface area (Å²) >= 11 is 0. The van der Waals surface area contributed by atoms with Crippen LogP contribution in [0.4, 0.5) is 4.79 Å². The molecule has 0 radical (unpaired) electrons. The molecule has 138 valence electrons. The summed E-state index contributed by atoms with van der Waals surface area (Å²) in [5, 5.41) is 1.93. The van der Waals surface area contributed by atoms with Gasteiger partial charge in [0.05, 0.1) is 19.6 Å². The zero-order valence-electron chi connectivity index (χ0n) is 15.1. The summed E-state index contributed by atoms with van der Waals surface area (Å²) in [5.74, 6) is -0.684. The summed E-state index contributed by atoms with van der Waals surface area (Å²) in [4.78, 5) is 33.9. The van der Waals surface area contributed by atoms with Crippen LogP contribution in [-0.2, 0) is 24.5 Å². The summed E-state index contributed by atoms with van der Waals surface area (Å²) in [6.07, 6.45) is -0.876. The standard InChI is InChI=1S/C18H25NO6/c1-5-23-17(22)19-15(20)12-25-16(21)10-11-24-14-8-6-13(7-9-14)18(2,3)4/h6-9H,5,10-12H2,1-4H3,(H,19,20,22). The van der Waals surface area contributed by atoms with Crippen molar-refractivity contribution < 1.29 is 28.6 Å². The second kappa shape index (κ2) is 9.66. The molecule has 0 atom stereocenters. The van der Waals surface area contributed by atoms with Gasteiger partial charge in [-0.25, -0.2) is 4.79 Å². The topological polar surface area (TPSA) is 90.9 Å². The fourth-order valence-corrected chi connectivity index (χ4v) is 1.84. The van der Waals surface area contributed by atoms with Crippen molar-refractivity contribution >= 4 is 18.0 Å². The molecule has 1 rings (SSSR count). The highest BCUT2D eigenvalue weighted by Gasteiger charge is 2.14. The maximum absolute atomic E-state index is 11.5. The smallest absolute Gasteiger partial charge is 0.413 e. The van der Waals surface area contributed by atoms with Crippen LogP contribution < -0.4 is 10.1 Å². The average Bonchev–Trinajstić information content (AvgIpc) is 2.53. The molecule has 0 heterocycles. The van der Waals surface area contributed by atoms with Gasteiger partial charge in [-0.3, -0.25) is 14.9 Å². The van der Waals surface area contributed by atoms with E-state index in [1.54, 1.807) is 6.92 Å². The molecular weight excluding hydrogens is 326 g/mol. The van der Waals surface area contributed by atoms with Crippen molar-refractivity contribution in [2.45, 2.75) is 39.5 Å². The van der Waals surface area contributed by atoms with Gasteiger partial charge < -0.3 is 14.2 Å². The largest absolute Gasteiger partial charge is 0.493 e. The Labute approximate surface area is 147 Å². The van der Waals surface area contributed by atoms with Gasteiger partial charge in [0, 0.05) is 0 Å². The number of carbonyl (C=O) groups is 3. The van der Waals surface area contributed by atoms with Crippen LogP contribution in [0.1, 0.15) is 39.7 Å². The van der Waals surface area contributed by atoms with E-state index in [4.69, 9.17) is 9.47 Å². The van der Waals surface area contributed by atoms with E-state index in [-0.39, 0.29) is 25.0 Å².